The summed E-state index contributed by atoms with van der Waals surface area (Å²) in [4.78, 5) is 1.07. The summed E-state index contributed by atoms with van der Waals surface area (Å²) >= 11 is 1.60. The van der Waals surface area contributed by atoms with Gasteiger partial charge >= 0.3 is 0 Å². The van der Waals surface area contributed by atoms with Gasteiger partial charge in [-0.2, -0.15) is 0 Å². The lowest BCUT2D eigenvalue weighted by Gasteiger charge is -2.45. The summed E-state index contributed by atoms with van der Waals surface area (Å²) in [6.45, 7) is 9.57. The Morgan fingerprint density at radius 2 is 1.35 bits per heavy atom. The molecule has 0 radical (unpaired) electrons. The molecule has 1 heterocycles. The summed E-state index contributed by atoms with van der Waals surface area (Å²) in [5.74, 6) is 0.808. The van der Waals surface area contributed by atoms with Gasteiger partial charge in [-0.15, -0.1) is 13.2 Å². The van der Waals surface area contributed by atoms with E-state index in [9.17, 15) is 0 Å². The molecule has 0 unspecified atom stereocenters. The first-order chi connectivity index (χ1) is 19.7. The van der Waals surface area contributed by atoms with Crippen LogP contribution in [0.2, 0.25) is 0 Å². The average Bonchev–Trinajstić information content (AvgIpc) is 3.00. The molecule has 0 aromatic heterocycles. The van der Waals surface area contributed by atoms with Gasteiger partial charge in [-0.05, 0) is 35.4 Å². The molecule has 0 saturated carbocycles. The molecule has 1 aliphatic heterocycles. The summed E-state index contributed by atoms with van der Waals surface area (Å²) in [6.07, 6.45) is 1.79. The first-order valence-corrected chi connectivity index (χ1v) is 14.3. The third-order valence-electron chi connectivity index (χ3n) is 6.39. The molecular weight excluding hydrogens is 524 g/mol. The van der Waals surface area contributed by atoms with Crippen molar-refractivity contribution in [3.05, 3.63) is 121 Å². The molecule has 0 bridgehead atoms. The second-order valence-corrected chi connectivity index (χ2v) is 10.4. The lowest BCUT2D eigenvalue weighted by atomic mass is 9.99. The molecular formula is C33H38O6S. The predicted molar refractivity (Wildman–Crippen MR) is 159 cm³/mol. The minimum atomic E-state index is -0.446. The fourth-order valence-electron chi connectivity index (χ4n) is 4.45. The third kappa shape index (κ3) is 8.80. The number of hydrogen-bond acceptors (Lipinski definition) is 7. The maximum atomic E-state index is 6.71. The fraction of sp³-hybridized carbons (Fsp3) is 0.333. The SMILES string of the molecule is C=CCO[C@@H]1[C@@H](OCC=C)[C@H](Sc2ccccc2)O[C@H](COCc2ccc(OC)cc2)[C@H]1OCc1ccccc1. The van der Waals surface area contributed by atoms with E-state index in [0.717, 1.165) is 21.8 Å². The van der Waals surface area contributed by atoms with Crippen LogP contribution in [-0.4, -0.2) is 56.8 Å². The van der Waals surface area contributed by atoms with Crippen LogP contribution in [0.4, 0.5) is 0 Å². The molecule has 5 atom stereocenters. The average molecular weight is 563 g/mol. The van der Waals surface area contributed by atoms with Crippen molar-refractivity contribution in [2.24, 2.45) is 0 Å². The van der Waals surface area contributed by atoms with Crippen molar-refractivity contribution in [2.75, 3.05) is 26.9 Å². The maximum Gasteiger partial charge on any atom is 0.137 e. The third-order valence-corrected chi connectivity index (χ3v) is 7.55. The van der Waals surface area contributed by atoms with Gasteiger partial charge < -0.3 is 28.4 Å². The first kappa shape index (κ1) is 30.1. The van der Waals surface area contributed by atoms with Crippen LogP contribution < -0.4 is 4.74 Å². The van der Waals surface area contributed by atoms with Crippen molar-refractivity contribution in [3.8, 4) is 5.75 Å². The molecule has 7 heteroatoms. The Labute approximate surface area is 241 Å². The van der Waals surface area contributed by atoms with Gasteiger partial charge in [-0.25, -0.2) is 0 Å². The van der Waals surface area contributed by atoms with E-state index in [0.29, 0.717) is 33.0 Å². The Bertz CT molecular complexity index is 1140. The number of ether oxygens (including phenoxy) is 6. The summed E-state index contributed by atoms with van der Waals surface area (Å²) in [7, 11) is 1.66. The molecule has 6 nitrogen and oxygen atoms in total. The van der Waals surface area contributed by atoms with Gasteiger partial charge in [0.1, 0.15) is 35.6 Å². The molecule has 0 spiro atoms. The smallest absolute Gasteiger partial charge is 0.137 e. The zero-order valence-corrected chi connectivity index (χ0v) is 23.7. The highest BCUT2D eigenvalue weighted by Crippen LogP contribution is 2.37. The van der Waals surface area contributed by atoms with E-state index >= 15 is 0 Å². The molecule has 1 aliphatic rings. The van der Waals surface area contributed by atoms with Crippen LogP contribution in [0, 0.1) is 0 Å². The van der Waals surface area contributed by atoms with Crippen molar-refractivity contribution >= 4 is 11.8 Å². The number of methoxy groups -OCH3 is 1. The highest BCUT2D eigenvalue weighted by Gasteiger charge is 2.48. The minimum Gasteiger partial charge on any atom is -0.497 e. The van der Waals surface area contributed by atoms with Gasteiger partial charge in [-0.3, -0.25) is 0 Å². The van der Waals surface area contributed by atoms with E-state index in [1.165, 1.54) is 0 Å². The zero-order chi connectivity index (χ0) is 28.0. The highest BCUT2D eigenvalue weighted by atomic mass is 32.2. The quantitative estimate of drug-likeness (QED) is 0.186. The van der Waals surface area contributed by atoms with E-state index < -0.39 is 24.4 Å². The predicted octanol–water partition coefficient (Wildman–Crippen LogP) is 6.46. The van der Waals surface area contributed by atoms with E-state index in [1.807, 2.05) is 72.8 Å². The van der Waals surface area contributed by atoms with Crippen molar-refractivity contribution < 1.29 is 28.4 Å². The van der Waals surface area contributed by atoms with Crippen LogP contribution in [0.15, 0.2) is 115 Å². The number of thioether (sulfide) groups is 1. The molecule has 0 amide bonds. The molecule has 212 valence electrons. The Balaban J connectivity index is 1.57. The number of benzene rings is 3. The molecule has 4 rings (SSSR count). The van der Waals surface area contributed by atoms with E-state index in [2.05, 4.69) is 25.3 Å². The number of rotatable bonds is 16. The van der Waals surface area contributed by atoms with Crippen molar-refractivity contribution in [3.63, 3.8) is 0 Å². The molecule has 40 heavy (non-hydrogen) atoms. The summed E-state index contributed by atoms with van der Waals surface area (Å²) in [6, 6.07) is 28.0. The number of hydrogen-bond donors (Lipinski definition) is 0. The van der Waals surface area contributed by atoms with E-state index in [-0.39, 0.29) is 5.44 Å². The molecule has 3 aromatic carbocycles. The van der Waals surface area contributed by atoms with Gasteiger partial charge in [0, 0.05) is 4.90 Å². The monoisotopic (exact) mass is 562 g/mol. The lowest BCUT2D eigenvalue weighted by molar-refractivity contribution is -0.246. The second kappa shape index (κ2) is 16.4. The van der Waals surface area contributed by atoms with Gasteiger partial charge in [0.25, 0.3) is 0 Å². The molecule has 0 aliphatic carbocycles. The largest absolute Gasteiger partial charge is 0.497 e. The van der Waals surface area contributed by atoms with Crippen molar-refractivity contribution in [1.29, 1.82) is 0 Å². The Morgan fingerprint density at radius 1 is 0.725 bits per heavy atom. The van der Waals surface area contributed by atoms with Crippen LogP contribution >= 0.6 is 11.8 Å². The maximum absolute atomic E-state index is 6.71. The first-order valence-electron chi connectivity index (χ1n) is 13.4. The van der Waals surface area contributed by atoms with Crippen LogP contribution in [-0.2, 0) is 36.9 Å². The Kier molecular flexibility index (Phi) is 12.3. The van der Waals surface area contributed by atoms with Gasteiger partial charge in [0.15, 0.2) is 0 Å². The van der Waals surface area contributed by atoms with E-state index in [4.69, 9.17) is 28.4 Å². The molecule has 1 fully saturated rings. The molecule has 0 N–H and O–H groups in total. The fourth-order valence-corrected chi connectivity index (χ4v) is 5.60. The Morgan fingerprint density at radius 3 is 2.00 bits per heavy atom. The normalized spacial score (nSPS) is 22.5. The molecule has 3 aromatic rings. The minimum absolute atomic E-state index is 0.319. The molecule has 1 saturated heterocycles. The standard InChI is InChI=1S/C33H38O6S/c1-4-20-36-31-30(38-23-25-12-8-6-9-13-25)29(24-35-22-26-16-18-27(34-3)19-17-26)39-33(32(31)37-21-5-2)40-28-14-10-7-11-15-28/h4-19,29-33H,1-2,20-24H2,3H3/t29-,30-,31+,32-,33+/m1/s1. The van der Waals surface area contributed by atoms with Crippen LogP contribution in [0.3, 0.4) is 0 Å². The van der Waals surface area contributed by atoms with Crippen LogP contribution in [0.5, 0.6) is 5.75 Å². The van der Waals surface area contributed by atoms with E-state index in [1.54, 1.807) is 31.0 Å². The van der Waals surface area contributed by atoms with Gasteiger partial charge in [0.2, 0.25) is 0 Å². The highest BCUT2D eigenvalue weighted by molar-refractivity contribution is 7.99. The summed E-state index contributed by atoms with van der Waals surface area (Å²) in [5, 5.41) is 0. The summed E-state index contributed by atoms with van der Waals surface area (Å²) < 4.78 is 37.4. The van der Waals surface area contributed by atoms with Gasteiger partial charge in [0.05, 0.1) is 40.1 Å². The lowest BCUT2D eigenvalue weighted by Crippen LogP contribution is -2.60. The topological polar surface area (TPSA) is 55.4 Å². The van der Waals surface area contributed by atoms with Crippen LogP contribution in [0.25, 0.3) is 0 Å². The summed E-state index contributed by atoms with van der Waals surface area (Å²) in [5.41, 5.74) is 1.75. The Hall–Kier alpha value is -2.91. The van der Waals surface area contributed by atoms with Gasteiger partial charge in [-0.1, -0.05) is 84.6 Å². The van der Waals surface area contributed by atoms with Crippen molar-refractivity contribution in [1.82, 2.24) is 0 Å². The zero-order valence-electron chi connectivity index (χ0n) is 22.9. The van der Waals surface area contributed by atoms with Crippen molar-refractivity contribution in [2.45, 2.75) is 48.0 Å². The van der Waals surface area contributed by atoms with Crippen LogP contribution in [0.1, 0.15) is 11.1 Å². The second-order valence-electron chi connectivity index (χ2n) is 9.27.